The Kier molecular flexibility index (Phi) is 6.82. The quantitative estimate of drug-likeness (QED) is 0.814. The zero-order valence-corrected chi connectivity index (χ0v) is 16.2. The largest absolute Gasteiger partial charge is 0.492 e. The van der Waals surface area contributed by atoms with Gasteiger partial charge in [-0.2, -0.15) is 0 Å². The van der Waals surface area contributed by atoms with Crippen molar-refractivity contribution in [3.05, 3.63) is 59.9 Å². The highest BCUT2D eigenvalue weighted by Crippen LogP contribution is 2.22. The number of aromatic nitrogens is 1. The summed E-state index contributed by atoms with van der Waals surface area (Å²) < 4.78 is 6.07. The Morgan fingerprint density at radius 2 is 2.07 bits per heavy atom. The van der Waals surface area contributed by atoms with E-state index >= 15 is 0 Å². The molecule has 1 aliphatic rings. The average Bonchev–Trinajstić information content (AvgIpc) is 2.67. The molecule has 5 heteroatoms. The first-order valence-corrected chi connectivity index (χ1v) is 9.77. The number of carbonyl (C=O) groups excluding carboxylic acids is 1. The van der Waals surface area contributed by atoms with Crippen LogP contribution in [0.25, 0.3) is 0 Å². The first-order valence-electron chi connectivity index (χ1n) is 9.77. The van der Waals surface area contributed by atoms with Gasteiger partial charge in [0, 0.05) is 31.2 Å². The van der Waals surface area contributed by atoms with Gasteiger partial charge in [-0.3, -0.25) is 14.7 Å². The van der Waals surface area contributed by atoms with Crippen LogP contribution in [0.3, 0.4) is 0 Å². The molecule has 2 heterocycles. The van der Waals surface area contributed by atoms with Gasteiger partial charge in [-0.05, 0) is 57.5 Å². The Balaban J connectivity index is 1.56. The van der Waals surface area contributed by atoms with Gasteiger partial charge in [0.1, 0.15) is 5.75 Å². The van der Waals surface area contributed by atoms with Crippen LogP contribution >= 0.6 is 0 Å². The Hall–Kier alpha value is -2.40. The fourth-order valence-electron chi connectivity index (χ4n) is 3.48. The molecule has 0 saturated carbocycles. The van der Waals surface area contributed by atoms with Crippen molar-refractivity contribution in [2.45, 2.75) is 39.3 Å². The lowest BCUT2D eigenvalue weighted by Crippen LogP contribution is -2.37. The maximum atomic E-state index is 12.4. The van der Waals surface area contributed by atoms with E-state index in [1.165, 1.54) is 0 Å². The van der Waals surface area contributed by atoms with Crippen molar-refractivity contribution in [1.82, 2.24) is 15.2 Å². The van der Waals surface area contributed by atoms with E-state index in [2.05, 4.69) is 21.3 Å². The maximum absolute atomic E-state index is 12.4. The van der Waals surface area contributed by atoms with Crippen molar-refractivity contribution in [2.75, 3.05) is 19.7 Å². The SMILES string of the molecule is CC(C)NC(=O)c1ccccc1OCC1CCCN(Cc2ccccn2)C1. The van der Waals surface area contributed by atoms with Crippen LogP contribution in [-0.2, 0) is 6.54 Å². The summed E-state index contributed by atoms with van der Waals surface area (Å²) in [7, 11) is 0. The number of ether oxygens (including phenoxy) is 1. The summed E-state index contributed by atoms with van der Waals surface area (Å²) in [6.07, 6.45) is 4.16. The van der Waals surface area contributed by atoms with Gasteiger partial charge in [0.25, 0.3) is 5.91 Å². The fourth-order valence-corrected chi connectivity index (χ4v) is 3.48. The van der Waals surface area contributed by atoms with Crippen LogP contribution in [0.4, 0.5) is 0 Å². The second-order valence-corrected chi connectivity index (χ2v) is 7.50. The van der Waals surface area contributed by atoms with Crippen molar-refractivity contribution in [1.29, 1.82) is 0 Å². The summed E-state index contributed by atoms with van der Waals surface area (Å²) in [4.78, 5) is 19.2. The molecule has 1 N–H and O–H groups in total. The number of pyridine rings is 1. The van der Waals surface area contributed by atoms with Crippen molar-refractivity contribution >= 4 is 5.91 Å². The molecule has 2 aromatic rings. The zero-order chi connectivity index (χ0) is 19.1. The second kappa shape index (κ2) is 9.51. The van der Waals surface area contributed by atoms with Crippen LogP contribution < -0.4 is 10.1 Å². The molecule has 1 fully saturated rings. The molecule has 5 nitrogen and oxygen atoms in total. The number of carbonyl (C=O) groups is 1. The normalized spacial score (nSPS) is 17.7. The monoisotopic (exact) mass is 367 g/mol. The Labute approximate surface area is 161 Å². The third-order valence-electron chi connectivity index (χ3n) is 4.74. The highest BCUT2D eigenvalue weighted by atomic mass is 16.5. The predicted octanol–water partition coefficient (Wildman–Crippen LogP) is 3.51. The van der Waals surface area contributed by atoms with Crippen molar-refractivity contribution < 1.29 is 9.53 Å². The summed E-state index contributed by atoms with van der Waals surface area (Å²) in [6.45, 7) is 7.52. The molecule has 1 saturated heterocycles. The summed E-state index contributed by atoms with van der Waals surface area (Å²) in [6, 6.07) is 13.6. The third-order valence-corrected chi connectivity index (χ3v) is 4.74. The molecular weight excluding hydrogens is 338 g/mol. The molecule has 0 aliphatic carbocycles. The molecule has 1 aromatic carbocycles. The average molecular weight is 367 g/mol. The number of likely N-dealkylation sites (tertiary alicyclic amines) is 1. The molecule has 1 atom stereocenters. The number of hydrogen-bond donors (Lipinski definition) is 1. The summed E-state index contributed by atoms with van der Waals surface area (Å²) in [5.41, 5.74) is 1.71. The Morgan fingerprint density at radius 1 is 1.26 bits per heavy atom. The number of rotatable bonds is 7. The molecule has 1 aliphatic heterocycles. The number of hydrogen-bond acceptors (Lipinski definition) is 4. The maximum Gasteiger partial charge on any atom is 0.255 e. The third kappa shape index (κ3) is 5.79. The number of para-hydroxylation sites is 1. The molecule has 0 spiro atoms. The first kappa shape index (κ1) is 19.4. The summed E-state index contributed by atoms with van der Waals surface area (Å²) >= 11 is 0. The van der Waals surface area contributed by atoms with Gasteiger partial charge in [-0.1, -0.05) is 18.2 Å². The molecule has 0 radical (unpaired) electrons. The number of nitrogens with one attached hydrogen (secondary N) is 1. The van der Waals surface area contributed by atoms with Gasteiger partial charge in [0.15, 0.2) is 0 Å². The van der Waals surface area contributed by atoms with Gasteiger partial charge in [0.2, 0.25) is 0 Å². The van der Waals surface area contributed by atoms with E-state index in [0.29, 0.717) is 23.8 Å². The zero-order valence-electron chi connectivity index (χ0n) is 16.2. The number of nitrogens with zero attached hydrogens (tertiary/aromatic N) is 2. The molecule has 3 rings (SSSR count). The van der Waals surface area contributed by atoms with Crippen LogP contribution in [0.2, 0.25) is 0 Å². The smallest absolute Gasteiger partial charge is 0.255 e. The summed E-state index contributed by atoms with van der Waals surface area (Å²) in [5.74, 6) is 1.04. The van der Waals surface area contributed by atoms with Gasteiger partial charge in [-0.25, -0.2) is 0 Å². The van der Waals surface area contributed by atoms with E-state index in [1.807, 2.05) is 56.4 Å². The highest BCUT2D eigenvalue weighted by molar-refractivity contribution is 5.97. The first-order chi connectivity index (χ1) is 13.1. The van der Waals surface area contributed by atoms with Gasteiger partial charge < -0.3 is 10.1 Å². The Morgan fingerprint density at radius 3 is 2.85 bits per heavy atom. The lowest BCUT2D eigenvalue weighted by atomic mass is 9.98. The fraction of sp³-hybridized carbons (Fsp3) is 0.455. The Bertz CT molecular complexity index is 733. The predicted molar refractivity (Wildman–Crippen MR) is 107 cm³/mol. The lowest BCUT2D eigenvalue weighted by Gasteiger charge is -2.32. The molecule has 1 unspecified atom stereocenters. The molecule has 144 valence electrons. The number of amides is 1. The van der Waals surface area contributed by atoms with Crippen molar-refractivity contribution in [3.63, 3.8) is 0 Å². The minimum Gasteiger partial charge on any atom is -0.492 e. The van der Waals surface area contributed by atoms with Crippen LogP contribution in [0.15, 0.2) is 48.7 Å². The van der Waals surface area contributed by atoms with E-state index in [4.69, 9.17) is 4.74 Å². The molecular formula is C22H29N3O2. The van der Waals surface area contributed by atoms with Gasteiger partial charge in [-0.15, -0.1) is 0 Å². The topological polar surface area (TPSA) is 54.5 Å². The number of benzene rings is 1. The van der Waals surface area contributed by atoms with Crippen molar-refractivity contribution in [3.8, 4) is 5.75 Å². The molecule has 0 bridgehead atoms. The van der Waals surface area contributed by atoms with Gasteiger partial charge in [0.05, 0.1) is 17.9 Å². The van der Waals surface area contributed by atoms with Gasteiger partial charge >= 0.3 is 0 Å². The second-order valence-electron chi connectivity index (χ2n) is 7.50. The van der Waals surface area contributed by atoms with E-state index in [1.54, 1.807) is 0 Å². The lowest BCUT2D eigenvalue weighted by molar-refractivity contribution is 0.0932. The van der Waals surface area contributed by atoms with Crippen LogP contribution in [0.1, 0.15) is 42.7 Å². The van der Waals surface area contributed by atoms with Crippen LogP contribution in [0, 0.1) is 5.92 Å². The minimum atomic E-state index is -0.0824. The summed E-state index contributed by atoms with van der Waals surface area (Å²) in [5, 5.41) is 2.94. The molecule has 1 amide bonds. The van der Waals surface area contributed by atoms with E-state index < -0.39 is 0 Å². The number of piperidine rings is 1. The van der Waals surface area contributed by atoms with Crippen LogP contribution in [0.5, 0.6) is 5.75 Å². The molecule has 1 aromatic heterocycles. The van der Waals surface area contributed by atoms with Crippen LogP contribution in [-0.4, -0.2) is 41.5 Å². The standard InChI is InChI=1S/C22H29N3O2/c1-17(2)24-22(26)20-10-3-4-11-21(20)27-16-18-8-7-13-25(14-18)15-19-9-5-6-12-23-19/h3-6,9-12,17-18H,7-8,13-16H2,1-2H3,(H,24,26). The van der Waals surface area contributed by atoms with E-state index in [0.717, 1.165) is 38.2 Å². The molecule has 27 heavy (non-hydrogen) atoms. The van der Waals surface area contributed by atoms with E-state index in [9.17, 15) is 4.79 Å². The van der Waals surface area contributed by atoms with Crippen molar-refractivity contribution in [2.24, 2.45) is 5.92 Å². The highest BCUT2D eigenvalue weighted by Gasteiger charge is 2.22. The van der Waals surface area contributed by atoms with E-state index in [-0.39, 0.29) is 11.9 Å². The minimum absolute atomic E-state index is 0.0824.